The van der Waals surface area contributed by atoms with E-state index in [1.54, 1.807) is 6.20 Å². The average Bonchev–Trinajstić information content (AvgIpc) is 2.52. The van der Waals surface area contributed by atoms with Gasteiger partial charge in [-0.05, 0) is 39.0 Å². The normalized spacial score (nSPS) is 19.7. The van der Waals surface area contributed by atoms with Crippen LogP contribution in [0.3, 0.4) is 0 Å². The topological polar surface area (TPSA) is 56.7 Å². The van der Waals surface area contributed by atoms with Crippen LogP contribution in [0.1, 0.15) is 31.1 Å². The van der Waals surface area contributed by atoms with Gasteiger partial charge in [0.25, 0.3) is 5.91 Å². The maximum atomic E-state index is 13.0. The smallest absolute Gasteiger partial charge is 0.254 e. The van der Waals surface area contributed by atoms with Crippen LogP contribution in [-0.4, -0.2) is 63.6 Å². The van der Waals surface area contributed by atoms with Crippen LogP contribution < -0.4 is 0 Å². The summed E-state index contributed by atoms with van der Waals surface area (Å²) in [5, 5.41) is 10.9. The molecule has 1 amide bonds. The molecule has 1 N–H and O–H groups in total. The molecule has 1 aliphatic heterocycles. The molecule has 1 aromatic carbocycles. The Morgan fingerprint density at radius 1 is 1.29 bits per heavy atom. The van der Waals surface area contributed by atoms with Gasteiger partial charge in [0.15, 0.2) is 0 Å². The van der Waals surface area contributed by atoms with Gasteiger partial charge in [-0.2, -0.15) is 0 Å². The fourth-order valence-corrected chi connectivity index (χ4v) is 3.47. The summed E-state index contributed by atoms with van der Waals surface area (Å²) in [5.41, 5.74) is 0.841. The first-order chi connectivity index (χ1) is 11.3. The first kappa shape index (κ1) is 16.9. The van der Waals surface area contributed by atoms with Gasteiger partial charge < -0.3 is 10.0 Å². The number of hydrogen-bond acceptors (Lipinski definition) is 4. The molecular formula is C19H25N3O2. The number of benzene rings is 1. The molecule has 1 aliphatic rings. The second-order valence-corrected chi connectivity index (χ2v) is 7.27. The fraction of sp³-hybridized carbons (Fsp3) is 0.474. The third kappa shape index (κ3) is 3.57. The van der Waals surface area contributed by atoms with Gasteiger partial charge in [0.1, 0.15) is 0 Å². The zero-order valence-corrected chi connectivity index (χ0v) is 14.6. The van der Waals surface area contributed by atoms with Crippen molar-refractivity contribution in [1.82, 2.24) is 14.8 Å². The van der Waals surface area contributed by atoms with Crippen LogP contribution >= 0.6 is 0 Å². The Labute approximate surface area is 142 Å². The molecule has 1 aromatic heterocycles. The first-order valence-corrected chi connectivity index (χ1v) is 8.44. The maximum absolute atomic E-state index is 13.0. The highest BCUT2D eigenvalue weighted by Crippen LogP contribution is 2.21. The molecule has 0 radical (unpaired) electrons. The second kappa shape index (κ2) is 6.49. The number of carbonyl (C=O) groups is 1. The van der Waals surface area contributed by atoms with Crippen molar-refractivity contribution in [1.29, 1.82) is 0 Å². The fourth-order valence-electron chi connectivity index (χ4n) is 3.47. The minimum Gasteiger partial charge on any atom is -0.389 e. The molecule has 1 fully saturated rings. The van der Waals surface area contributed by atoms with E-state index in [1.165, 1.54) is 0 Å². The molecule has 3 rings (SSSR count). The summed E-state index contributed by atoms with van der Waals surface area (Å²) in [4.78, 5) is 21.5. The molecule has 128 valence electrons. The molecule has 2 heterocycles. The molecule has 0 aliphatic carbocycles. The molecule has 24 heavy (non-hydrogen) atoms. The summed E-state index contributed by atoms with van der Waals surface area (Å²) in [6.07, 6.45) is 1.74. The number of carbonyl (C=O) groups excluding carboxylic acids is 1. The van der Waals surface area contributed by atoms with Crippen molar-refractivity contribution in [3.05, 3.63) is 42.1 Å². The predicted octanol–water partition coefficient (Wildman–Crippen LogP) is 2.15. The zero-order valence-electron chi connectivity index (χ0n) is 14.6. The van der Waals surface area contributed by atoms with E-state index in [4.69, 9.17) is 0 Å². The lowest BCUT2D eigenvalue weighted by molar-refractivity contribution is 0.00584. The Balaban J connectivity index is 1.78. The molecule has 0 bridgehead atoms. The molecule has 0 spiro atoms. The number of piperazine rings is 1. The number of nitrogens with zero attached hydrogens (tertiary/aromatic N) is 3. The van der Waals surface area contributed by atoms with Gasteiger partial charge >= 0.3 is 0 Å². The molecule has 5 nitrogen and oxygen atoms in total. The molecule has 1 atom stereocenters. The number of aliphatic hydroxyl groups is 1. The van der Waals surface area contributed by atoms with Crippen LogP contribution in [0.25, 0.3) is 10.9 Å². The summed E-state index contributed by atoms with van der Waals surface area (Å²) in [5.74, 6) is 0.0593. The number of β-amino-alcohol motifs (C(OH)–C–C–N with tert-alkyl or cyclic N) is 1. The van der Waals surface area contributed by atoms with Crippen LogP contribution in [0.4, 0.5) is 0 Å². The van der Waals surface area contributed by atoms with E-state index < -0.39 is 5.60 Å². The van der Waals surface area contributed by atoms with Gasteiger partial charge in [-0.25, -0.2) is 0 Å². The highest BCUT2D eigenvalue weighted by molar-refractivity contribution is 6.06. The highest BCUT2D eigenvalue weighted by atomic mass is 16.3. The number of fused-ring (bicyclic) bond motifs is 1. The minimum absolute atomic E-state index is 0.0593. The summed E-state index contributed by atoms with van der Waals surface area (Å²) >= 11 is 0. The van der Waals surface area contributed by atoms with Gasteiger partial charge in [0.2, 0.25) is 0 Å². The second-order valence-electron chi connectivity index (χ2n) is 7.27. The van der Waals surface area contributed by atoms with Gasteiger partial charge in [0.05, 0.1) is 11.1 Å². The summed E-state index contributed by atoms with van der Waals surface area (Å²) < 4.78 is 0. The molecule has 5 heteroatoms. The van der Waals surface area contributed by atoms with Crippen molar-refractivity contribution in [2.24, 2.45) is 0 Å². The van der Waals surface area contributed by atoms with Crippen molar-refractivity contribution < 1.29 is 9.90 Å². The van der Waals surface area contributed by atoms with Gasteiger partial charge in [0, 0.05) is 49.4 Å². The van der Waals surface area contributed by atoms with E-state index in [9.17, 15) is 9.90 Å². The zero-order chi connectivity index (χ0) is 17.3. The van der Waals surface area contributed by atoms with E-state index in [0.29, 0.717) is 18.7 Å². The lowest BCUT2D eigenvalue weighted by atomic mass is 10.0. The highest BCUT2D eigenvalue weighted by Gasteiger charge is 2.30. The number of hydrogen-bond donors (Lipinski definition) is 1. The minimum atomic E-state index is -0.715. The quantitative estimate of drug-likeness (QED) is 0.938. The molecular weight excluding hydrogens is 302 g/mol. The standard InChI is InChI=1S/C19H25N3O2/c1-14-12-21(13-19(2,3)24)10-11-22(14)18(23)16-6-4-8-17-15(16)7-5-9-20-17/h4-9,14,24H,10-13H2,1-3H3. The van der Waals surface area contributed by atoms with Crippen LogP contribution in [0.15, 0.2) is 36.5 Å². The van der Waals surface area contributed by atoms with Crippen LogP contribution in [0.2, 0.25) is 0 Å². The Bertz CT molecular complexity index is 733. The van der Waals surface area contributed by atoms with Crippen molar-refractivity contribution in [3.63, 3.8) is 0 Å². The van der Waals surface area contributed by atoms with Crippen LogP contribution in [0.5, 0.6) is 0 Å². The Morgan fingerprint density at radius 2 is 2.08 bits per heavy atom. The molecule has 1 unspecified atom stereocenters. The third-order valence-electron chi connectivity index (χ3n) is 4.46. The van der Waals surface area contributed by atoms with Crippen LogP contribution in [0, 0.1) is 0 Å². The maximum Gasteiger partial charge on any atom is 0.254 e. The molecule has 2 aromatic rings. The number of rotatable bonds is 3. The van der Waals surface area contributed by atoms with E-state index in [-0.39, 0.29) is 11.9 Å². The van der Waals surface area contributed by atoms with E-state index >= 15 is 0 Å². The summed E-state index contributed by atoms with van der Waals surface area (Å²) in [6.45, 7) is 8.56. The Morgan fingerprint density at radius 3 is 2.79 bits per heavy atom. The monoisotopic (exact) mass is 327 g/mol. The third-order valence-corrected chi connectivity index (χ3v) is 4.46. The van der Waals surface area contributed by atoms with Crippen molar-refractivity contribution in [3.8, 4) is 0 Å². The van der Waals surface area contributed by atoms with E-state index in [2.05, 4.69) is 16.8 Å². The summed E-state index contributed by atoms with van der Waals surface area (Å²) in [7, 11) is 0. The summed E-state index contributed by atoms with van der Waals surface area (Å²) in [6, 6.07) is 9.62. The van der Waals surface area contributed by atoms with E-state index in [0.717, 1.165) is 24.0 Å². The molecule has 1 saturated heterocycles. The number of aromatic nitrogens is 1. The molecule has 0 saturated carbocycles. The van der Waals surface area contributed by atoms with Crippen molar-refractivity contribution in [2.75, 3.05) is 26.2 Å². The van der Waals surface area contributed by atoms with Crippen LogP contribution in [-0.2, 0) is 0 Å². The lowest BCUT2D eigenvalue weighted by Crippen LogP contribution is -2.56. The number of amides is 1. The average molecular weight is 327 g/mol. The predicted molar refractivity (Wildman–Crippen MR) is 95.0 cm³/mol. The Kier molecular flexibility index (Phi) is 4.56. The lowest BCUT2D eigenvalue weighted by Gasteiger charge is -2.41. The SMILES string of the molecule is CC1CN(CC(C)(C)O)CCN1C(=O)c1cccc2ncccc12. The largest absolute Gasteiger partial charge is 0.389 e. The van der Waals surface area contributed by atoms with Gasteiger partial charge in [-0.1, -0.05) is 12.1 Å². The van der Waals surface area contributed by atoms with Gasteiger partial charge in [-0.15, -0.1) is 0 Å². The van der Waals surface area contributed by atoms with Gasteiger partial charge in [-0.3, -0.25) is 14.7 Å². The Hall–Kier alpha value is -1.98. The van der Waals surface area contributed by atoms with Crippen molar-refractivity contribution in [2.45, 2.75) is 32.4 Å². The van der Waals surface area contributed by atoms with E-state index in [1.807, 2.05) is 49.1 Å². The number of pyridine rings is 1. The first-order valence-electron chi connectivity index (χ1n) is 8.44. The van der Waals surface area contributed by atoms with Crippen molar-refractivity contribution >= 4 is 16.8 Å².